The Morgan fingerprint density at radius 3 is 2.50 bits per heavy atom. The van der Waals surface area contributed by atoms with Gasteiger partial charge in [-0.2, -0.15) is 0 Å². The lowest BCUT2D eigenvalue weighted by Crippen LogP contribution is -2.38. The summed E-state index contributed by atoms with van der Waals surface area (Å²) in [4.78, 5) is 0.132. The van der Waals surface area contributed by atoms with Crippen molar-refractivity contribution < 1.29 is 18.3 Å². The fourth-order valence-corrected chi connectivity index (χ4v) is 3.79. The Kier molecular flexibility index (Phi) is 6.44. The second kappa shape index (κ2) is 7.40. The van der Waals surface area contributed by atoms with E-state index in [-0.39, 0.29) is 17.4 Å². The first-order chi connectivity index (χ1) is 9.30. The van der Waals surface area contributed by atoms with Crippen LogP contribution in [0, 0.1) is 5.92 Å². The number of aliphatic hydroxyl groups is 1. The summed E-state index contributed by atoms with van der Waals surface area (Å²) < 4.78 is 32.6. The second-order valence-corrected chi connectivity index (χ2v) is 7.50. The number of aliphatic hydroxyl groups excluding tert-OH is 1. The van der Waals surface area contributed by atoms with E-state index in [1.807, 2.05) is 13.8 Å². The number of methoxy groups -OCH3 is 1. The Bertz CT molecular complexity index is 545. The molecule has 1 atom stereocenters. The highest BCUT2D eigenvalue weighted by Crippen LogP contribution is 2.27. The fraction of sp³-hybridized carbons (Fsp3) is 0.538. The molecule has 20 heavy (non-hydrogen) atoms. The van der Waals surface area contributed by atoms with Gasteiger partial charge in [0.2, 0.25) is 10.0 Å². The van der Waals surface area contributed by atoms with Crippen molar-refractivity contribution in [2.24, 2.45) is 5.92 Å². The third-order valence-electron chi connectivity index (χ3n) is 2.73. The standard InChI is InChI=1S/C13H20BrNO4S/c1-9(2)6-10(8-16)15-20(17,18)11-4-5-13(19-3)12(14)7-11/h4-5,7,9-10,15-16H,6,8H2,1-3H3. The molecule has 0 fully saturated rings. The van der Waals surface area contributed by atoms with Gasteiger partial charge in [0.1, 0.15) is 5.75 Å². The molecule has 0 saturated heterocycles. The number of ether oxygens (including phenoxy) is 1. The van der Waals surface area contributed by atoms with Crippen molar-refractivity contribution in [2.75, 3.05) is 13.7 Å². The molecule has 1 aromatic carbocycles. The van der Waals surface area contributed by atoms with Gasteiger partial charge in [-0.25, -0.2) is 13.1 Å². The van der Waals surface area contributed by atoms with Gasteiger partial charge in [-0.3, -0.25) is 0 Å². The highest BCUT2D eigenvalue weighted by molar-refractivity contribution is 9.10. The van der Waals surface area contributed by atoms with Gasteiger partial charge in [-0.15, -0.1) is 0 Å². The van der Waals surface area contributed by atoms with Crippen LogP contribution in [0.2, 0.25) is 0 Å². The molecule has 0 aliphatic rings. The molecule has 114 valence electrons. The van der Waals surface area contributed by atoms with Crippen molar-refractivity contribution >= 4 is 26.0 Å². The zero-order chi connectivity index (χ0) is 15.3. The van der Waals surface area contributed by atoms with E-state index in [0.717, 1.165) is 0 Å². The SMILES string of the molecule is COc1ccc(S(=O)(=O)NC(CO)CC(C)C)cc1Br. The van der Waals surface area contributed by atoms with E-state index in [2.05, 4.69) is 20.7 Å². The Morgan fingerprint density at radius 2 is 2.05 bits per heavy atom. The number of benzene rings is 1. The normalized spacial score (nSPS) is 13.5. The molecule has 0 aromatic heterocycles. The Hall–Kier alpha value is -0.630. The van der Waals surface area contributed by atoms with Crippen LogP contribution in [0.4, 0.5) is 0 Å². The number of rotatable bonds is 7. The fourth-order valence-electron chi connectivity index (χ4n) is 1.83. The lowest BCUT2D eigenvalue weighted by molar-refractivity contribution is 0.240. The van der Waals surface area contributed by atoms with Crippen LogP contribution < -0.4 is 9.46 Å². The highest BCUT2D eigenvalue weighted by Gasteiger charge is 2.21. The summed E-state index contributed by atoms with van der Waals surface area (Å²) in [5.41, 5.74) is 0. The summed E-state index contributed by atoms with van der Waals surface area (Å²) >= 11 is 3.26. The van der Waals surface area contributed by atoms with Crippen LogP contribution in [0.3, 0.4) is 0 Å². The van der Waals surface area contributed by atoms with Crippen molar-refractivity contribution in [1.29, 1.82) is 0 Å². The molecule has 1 aromatic rings. The Morgan fingerprint density at radius 1 is 1.40 bits per heavy atom. The number of nitrogens with one attached hydrogen (secondary N) is 1. The van der Waals surface area contributed by atoms with Crippen LogP contribution in [0.1, 0.15) is 20.3 Å². The second-order valence-electron chi connectivity index (χ2n) is 4.93. The number of halogens is 1. The lowest BCUT2D eigenvalue weighted by Gasteiger charge is -2.18. The van der Waals surface area contributed by atoms with E-state index in [9.17, 15) is 13.5 Å². The van der Waals surface area contributed by atoms with Gasteiger partial charge in [0, 0.05) is 6.04 Å². The van der Waals surface area contributed by atoms with E-state index in [1.165, 1.54) is 19.2 Å². The minimum absolute atomic E-state index is 0.132. The van der Waals surface area contributed by atoms with E-state index in [4.69, 9.17) is 4.74 Å². The van der Waals surface area contributed by atoms with Gasteiger partial charge in [0.05, 0.1) is 23.1 Å². The molecular formula is C13H20BrNO4S. The molecule has 0 radical (unpaired) electrons. The zero-order valence-electron chi connectivity index (χ0n) is 11.8. The minimum atomic E-state index is -3.66. The quantitative estimate of drug-likeness (QED) is 0.775. The molecule has 7 heteroatoms. The lowest BCUT2D eigenvalue weighted by atomic mass is 10.1. The molecule has 0 amide bonds. The molecule has 0 bridgehead atoms. The summed E-state index contributed by atoms with van der Waals surface area (Å²) in [5.74, 6) is 0.849. The minimum Gasteiger partial charge on any atom is -0.496 e. The van der Waals surface area contributed by atoms with Crippen molar-refractivity contribution in [1.82, 2.24) is 4.72 Å². The third kappa shape index (κ3) is 4.73. The average molecular weight is 366 g/mol. The van der Waals surface area contributed by atoms with Crippen molar-refractivity contribution in [2.45, 2.75) is 31.2 Å². The van der Waals surface area contributed by atoms with Gasteiger partial charge in [-0.05, 0) is 46.5 Å². The first kappa shape index (κ1) is 17.4. The van der Waals surface area contributed by atoms with Crippen LogP contribution in [0.25, 0.3) is 0 Å². The van der Waals surface area contributed by atoms with Crippen molar-refractivity contribution in [3.63, 3.8) is 0 Å². The molecular weight excluding hydrogens is 346 g/mol. The molecule has 2 N–H and O–H groups in total. The molecule has 1 unspecified atom stereocenters. The maximum Gasteiger partial charge on any atom is 0.240 e. The first-order valence-corrected chi connectivity index (χ1v) is 8.54. The van der Waals surface area contributed by atoms with Crippen LogP contribution >= 0.6 is 15.9 Å². The van der Waals surface area contributed by atoms with E-state index < -0.39 is 16.1 Å². The van der Waals surface area contributed by atoms with Crippen LogP contribution in [0.15, 0.2) is 27.6 Å². The highest BCUT2D eigenvalue weighted by atomic mass is 79.9. The van der Waals surface area contributed by atoms with Crippen LogP contribution in [-0.4, -0.2) is 33.3 Å². The van der Waals surface area contributed by atoms with Gasteiger partial charge >= 0.3 is 0 Å². The van der Waals surface area contributed by atoms with Gasteiger partial charge in [0.15, 0.2) is 0 Å². The Balaban J connectivity index is 2.95. The van der Waals surface area contributed by atoms with Crippen molar-refractivity contribution in [3.8, 4) is 5.75 Å². The molecule has 5 nitrogen and oxygen atoms in total. The number of hydrogen-bond donors (Lipinski definition) is 2. The van der Waals surface area contributed by atoms with E-state index in [0.29, 0.717) is 16.6 Å². The predicted molar refractivity (Wildman–Crippen MR) is 81.3 cm³/mol. The third-order valence-corrected chi connectivity index (χ3v) is 4.87. The molecule has 0 saturated carbocycles. The van der Waals surface area contributed by atoms with E-state index >= 15 is 0 Å². The van der Waals surface area contributed by atoms with Gasteiger partial charge < -0.3 is 9.84 Å². The smallest absolute Gasteiger partial charge is 0.240 e. The summed E-state index contributed by atoms with van der Waals surface area (Å²) in [6, 6.07) is 4.04. The summed E-state index contributed by atoms with van der Waals surface area (Å²) in [7, 11) is -2.15. The first-order valence-electron chi connectivity index (χ1n) is 6.27. The van der Waals surface area contributed by atoms with Crippen molar-refractivity contribution in [3.05, 3.63) is 22.7 Å². The molecule has 1 rings (SSSR count). The molecule has 0 heterocycles. The maximum atomic E-state index is 12.3. The number of hydrogen-bond acceptors (Lipinski definition) is 4. The zero-order valence-corrected chi connectivity index (χ0v) is 14.2. The molecule has 0 aliphatic heterocycles. The molecule has 0 spiro atoms. The van der Waals surface area contributed by atoms with Crippen LogP contribution in [-0.2, 0) is 10.0 Å². The van der Waals surface area contributed by atoms with E-state index in [1.54, 1.807) is 6.07 Å². The molecule has 0 aliphatic carbocycles. The Labute approximate surface area is 128 Å². The average Bonchev–Trinajstić information content (AvgIpc) is 2.36. The number of sulfonamides is 1. The summed E-state index contributed by atoms with van der Waals surface area (Å²) in [6.07, 6.45) is 0.576. The summed E-state index contributed by atoms with van der Waals surface area (Å²) in [5, 5.41) is 9.27. The topological polar surface area (TPSA) is 75.6 Å². The van der Waals surface area contributed by atoms with Gasteiger partial charge in [0.25, 0.3) is 0 Å². The maximum absolute atomic E-state index is 12.3. The van der Waals surface area contributed by atoms with Gasteiger partial charge in [-0.1, -0.05) is 13.8 Å². The van der Waals surface area contributed by atoms with Crippen LogP contribution in [0.5, 0.6) is 5.75 Å². The monoisotopic (exact) mass is 365 g/mol. The predicted octanol–water partition coefficient (Wildman–Crippen LogP) is 2.14. The largest absolute Gasteiger partial charge is 0.496 e. The summed E-state index contributed by atoms with van der Waals surface area (Å²) in [6.45, 7) is 3.72.